The molecule has 4 nitrogen and oxygen atoms in total. The van der Waals surface area contributed by atoms with E-state index in [1.807, 2.05) is 19.1 Å². The van der Waals surface area contributed by atoms with E-state index in [9.17, 15) is 9.59 Å². The summed E-state index contributed by atoms with van der Waals surface area (Å²) in [6.07, 6.45) is 1.40. The summed E-state index contributed by atoms with van der Waals surface area (Å²) in [4.78, 5) is 25.1. The molecule has 1 aromatic rings. The summed E-state index contributed by atoms with van der Waals surface area (Å²) in [6.45, 7) is 2.83. The smallest absolute Gasteiger partial charge is 0.308 e. The third-order valence-corrected chi connectivity index (χ3v) is 3.98. The number of hydrogen-bond donors (Lipinski definition) is 1. The van der Waals surface area contributed by atoms with Crippen molar-refractivity contribution in [1.29, 1.82) is 0 Å². The fourth-order valence-corrected chi connectivity index (χ4v) is 2.72. The van der Waals surface area contributed by atoms with Crippen LogP contribution in [0.1, 0.15) is 28.8 Å². The van der Waals surface area contributed by atoms with E-state index >= 15 is 0 Å². The van der Waals surface area contributed by atoms with Crippen LogP contribution < -0.4 is 0 Å². The SMILES string of the molecule is Cc1ccc(Br)cc1C(=O)N1CCCC(C(=O)O)C1. The zero-order valence-electron chi connectivity index (χ0n) is 10.7. The lowest BCUT2D eigenvalue weighted by Gasteiger charge is -2.31. The van der Waals surface area contributed by atoms with E-state index in [0.717, 1.165) is 16.5 Å². The van der Waals surface area contributed by atoms with Crippen molar-refractivity contribution in [2.75, 3.05) is 13.1 Å². The summed E-state index contributed by atoms with van der Waals surface area (Å²) in [6, 6.07) is 5.57. The number of rotatable bonds is 2. The minimum atomic E-state index is -0.816. The van der Waals surface area contributed by atoms with Crippen LogP contribution in [0.3, 0.4) is 0 Å². The zero-order chi connectivity index (χ0) is 14.0. The highest BCUT2D eigenvalue weighted by Crippen LogP contribution is 2.22. The molecule has 5 heteroatoms. The molecule has 1 unspecified atom stereocenters. The van der Waals surface area contributed by atoms with Gasteiger partial charge in [0.1, 0.15) is 0 Å². The number of hydrogen-bond acceptors (Lipinski definition) is 2. The van der Waals surface area contributed by atoms with Crippen molar-refractivity contribution in [2.24, 2.45) is 5.92 Å². The van der Waals surface area contributed by atoms with Crippen LogP contribution in [0.25, 0.3) is 0 Å². The number of carbonyl (C=O) groups is 2. The molecular formula is C14H16BrNO3. The first kappa shape index (κ1) is 14.1. The normalized spacial score (nSPS) is 19.3. The Morgan fingerprint density at radius 2 is 2.16 bits per heavy atom. The number of likely N-dealkylation sites (tertiary alicyclic amines) is 1. The maximum absolute atomic E-state index is 12.5. The van der Waals surface area contributed by atoms with Gasteiger partial charge in [-0.05, 0) is 37.5 Å². The Balaban J connectivity index is 2.19. The van der Waals surface area contributed by atoms with E-state index in [0.29, 0.717) is 25.1 Å². The van der Waals surface area contributed by atoms with Crippen molar-refractivity contribution in [3.05, 3.63) is 33.8 Å². The van der Waals surface area contributed by atoms with Gasteiger partial charge in [-0.25, -0.2) is 0 Å². The number of carboxylic acid groups (broad SMARTS) is 1. The second-order valence-electron chi connectivity index (χ2n) is 4.89. The van der Waals surface area contributed by atoms with Crippen LogP contribution in [0.15, 0.2) is 22.7 Å². The lowest BCUT2D eigenvalue weighted by atomic mass is 9.97. The number of nitrogens with zero attached hydrogens (tertiary/aromatic N) is 1. The molecule has 1 heterocycles. The number of piperidine rings is 1. The summed E-state index contributed by atoms with van der Waals surface area (Å²) in [5.74, 6) is -1.33. The summed E-state index contributed by atoms with van der Waals surface area (Å²) in [5, 5.41) is 9.06. The molecule has 2 rings (SSSR count). The predicted octanol–water partition coefficient (Wildman–Crippen LogP) is 2.69. The van der Waals surface area contributed by atoms with Crippen molar-refractivity contribution in [2.45, 2.75) is 19.8 Å². The topological polar surface area (TPSA) is 57.6 Å². The van der Waals surface area contributed by atoms with E-state index in [4.69, 9.17) is 5.11 Å². The average molecular weight is 326 g/mol. The van der Waals surface area contributed by atoms with Gasteiger partial charge in [0.05, 0.1) is 5.92 Å². The van der Waals surface area contributed by atoms with E-state index in [1.165, 1.54) is 0 Å². The van der Waals surface area contributed by atoms with Gasteiger partial charge in [-0.2, -0.15) is 0 Å². The van der Waals surface area contributed by atoms with Crippen LogP contribution in [0, 0.1) is 12.8 Å². The van der Waals surface area contributed by atoms with Gasteiger partial charge < -0.3 is 10.0 Å². The van der Waals surface area contributed by atoms with Gasteiger partial charge in [0.25, 0.3) is 5.91 Å². The summed E-state index contributed by atoms with van der Waals surface area (Å²) in [5.41, 5.74) is 1.55. The van der Waals surface area contributed by atoms with E-state index < -0.39 is 11.9 Å². The third-order valence-electron chi connectivity index (χ3n) is 3.49. The lowest BCUT2D eigenvalue weighted by Crippen LogP contribution is -2.42. The molecule has 1 aliphatic heterocycles. The van der Waals surface area contributed by atoms with Gasteiger partial charge in [-0.15, -0.1) is 0 Å². The number of aryl methyl sites for hydroxylation is 1. The molecule has 0 aromatic heterocycles. The van der Waals surface area contributed by atoms with Gasteiger partial charge in [-0.1, -0.05) is 22.0 Å². The van der Waals surface area contributed by atoms with E-state index in [1.54, 1.807) is 11.0 Å². The Morgan fingerprint density at radius 1 is 1.42 bits per heavy atom. The molecular weight excluding hydrogens is 310 g/mol. The Labute approximate surface area is 120 Å². The minimum absolute atomic E-state index is 0.0789. The van der Waals surface area contributed by atoms with Gasteiger partial charge in [0.2, 0.25) is 0 Å². The van der Waals surface area contributed by atoms with Crippen molar-refractivity contribution < 1.29 is 14.7 Å². The number of benzene rings is 1. The number of amides is 1. The van der Waals surface area contributed by atoms with Crippen LogP contribution in [0.4, 0.5) is 0 Å². The Kier molecular flexibility index (Phi) is 4.24. The minimum Gasteiger partial charge on any atom is -0.481 e. The van der Waals surface area contributed by atoms with Gasteiger partial charge >= 0.3 is 5.97 Å². The van der Waals surface area contributed by atoms with Crippen LogP contribution in [-0.4, -0.2) is 35.0 Å². The van der Waals surface area contributed by atoms with Gasteiger partial charge in [0.15, 0.2) is 0 Å². The lowest BCUT2D eigenvalue weighted by molar-refractivity contribution is -0.143. The van der Waals surface area contributed by atoms with E-state index in [2.05, 4.69) is 15.9 Å². The standard InChI is InChI=1S/C14H16BrNO3/c1-9-4-5-11(15)7-12(9)13(17)16-6-2-3-10(8-16)14(18)19/h4-5,7,10H,2-3,6,8H2,1H3,(H,18,19). The Hall–Kier alpha value is -1.36. The first-order chi connectivity index (χ1) is 8.99. The maximum Gasteiger partial charge on any atom is 0.308 e. The highest BCUT2D eigenvalue weighted by Gasteiger charge is 2.29. The molecule has 1 amide bonds. The number of halogens is 1. The van der Waals surface area contributed by atoms with Crippen molar-refractivity contribution in [3.8, 4) is 0 Å². The molecule has 19 heavy (non-hydrogen) atoms. The summed E-state index contributed by atoms with van der Waals surface area (Å²) >= 11 is 3.36. The zero-order valence-corrected chi connectivity index (χ0v) is 12.3. The number of carbonyl (C=O) groups excluding carboxylic acids is 1. The molecule has 1 saturated heterocycles. The molecule has 1 aliphatic rings. The predicted molar refractivity (Wildman–Crippen MR) is 75.1 cm³/mol. The second kappa shape index (κ2) is 5.74. The summed E-state index contributed by atoms with van der Waals surface area (Å²) in [7, 11) is 0. The number of aliphatic carboxylic acids is 1. The highest BCUT2D eigenvalue weighted by atomic mass is 79.9. The molecule has 1 atom stereocenters. The van der Waals surface area contributed by atoms with Crippen molar-refractivity contribution in [1.82, 2.24) is 4.90 Å². The third kappa shape index (κ3) is 3.15. The van der Waals surface area contributed by atoms with Crippen LogP contribution in [-0.2, 0) is 4.79 Å². The van der Waals surface area contributed by atoms with Crippen LogP contribution in [0.2, 0.25) is 0 Å². The second-order valence-corrected chi connectivity index (χ2v) is 5.80. The summed E-state index contributed by atoms with van der Waals surface area (Å²) < 4.78 is 0.855. The quantitative estimate of drug-likeness (QED) is 0.909. The average Bonchev–Trinajstić information content (AvgIpc) is 2.41. The largest absolute Gasteiger partial charge is 0.481 e. The van der Waals surface area contributed by atoms with Gasteiger partial charge in [0, 0.05) is 23.1 Å². The Bertz CT molecular complexity index is 515. The monoisotopic (exact) mass is 325 g/mol. The fraction of sp³-hybridized carbons (Fsp3) is 0.429. The van der Waals surface area contributed by atoms with Gasteiger partial charge in [-0.3, -0.25) is 9.59 Å². The molecule has 0 saturated carbocycles. The van der Waals surface area contributed by atoms with Crippen LogP contribution >= 0.6 is 15.9 Å². The van der Waals surface area contributed by atoms with Crippen molar-refractivity contribution >= 4 is 27.8 Å². The number of carboxylic acids is 1. The molecule has 1 N–H and O–H groups in total. The van der Waals surface area contributed by atoms with Crippen LogP contribution in [0.5, 0.6) is 0 Å². The molecule has 0 radical (unpaired) electrons. The molecule has 102 valence electrons. The van der Waals surface area contributed by atoms with E-state index in [-0.39, 0.29) is 5.91 Å². The van der Waals surface area contributed by atoms with Crippen molar-refractivity contribution in [3.63, 3.8) is 0 Å². The Morgan fingerprint density at radius 3 is 2.84 bits per heavy atom. The first-order valence-corrected chi connectivity index (χ1v) is 7.06. The molecule has 0 bridgehead atoms. The molecule has 1 fully saturated rings. The molecule has 1 aromatic carbocycles. The highest BCUT2D eigenvalue weighted by molar-refractivity contribution is 9.10. The molecule has 0 aliphatic carbocycles. The fourth-order valence-electron chi connectivity index (χ4n) is 2.36. The first-order valence-electron chi connectivity index (χ1n) is 6.27. The molecule has 0 spiro atoms. The maximum atomic E-state index is 12.5.